The van der Waals surface area contributed by atoms with Crippen molar-refractivity contribution in [1.29, 1.82) is 0 Å². The zero-order valence-corrected chi connectivity index (χ0v) is 10.2. The summed E-state index contributed by atoms with van der Waals surface area (Å²) >= 11 is 3.47. The molecule has 2 nitrogen and oxygen atoms in total. The highest BCUT2D eigenvalue weighted by molar-refractivity contribution is 9.10. The van der Waals surface area contributed by atoms with Crippen LogP contribution in [-0.4, -0.2) is 9.78 Å². The van der Waals surface area contributed by atoms with Crippen LogP contribution in [0.1, 0.15) is 25.5 Å². The molecule has 2 rings (SSSR count). The fourth-order valence-corrected chi connectivity index (χ4v) is 2.03. The summed E-state index contributed by atoms with van der Waals surface area (Å²) in [5.41, 5.74) is 2.36. The zero-order valence-electron chi connectivity index (χ0n) is 8.58. The molecule has 74 valence electrons. The van der Waals surface area contributed by atoms with Crippen LogP contribution in [0.25, 0.3) is 10.9 Å². The summed E-state index contributed by atoms with van der Waals surface area (Å²) < 4.78 is 3.04. The lowest BCUT2D eigenvalue weighted by molar-refractivity contribution is 0.729. The predicted molar refractivity (Wildman–Crippen MR) is 62.5 cm³/mol. The first-order valence-corrected chi connectivity index (χ1v) is 5.51. The highest BCUT2D eigenvalue weighted by Gasteiger charge is 2.11. The summed E-state index contributed by atoms with van der Waals surface area (Å²) in [6, 6.07) is 6.30. The molecule has 1 heterocycles. The van der Waals surface area contributed by atoms with Crippen LogP contribution in [0.4, 0.5) is 0 Å². The van der Waals surface area contributed by atoms with Crippen molar-refractivity contribution in [3.05, 3.63) is 28.4 Å². The van der Waals surface area contributed by atoms with Crippen LogP contribution in [0.15, 0.2) is 22.7 Å². The zero-order chi connectivity index (χ0) is 10.3. The lowest BCUT2D eigenvalue weighted by Crippen LogP contribution is -1.92. The third kappa shape index (κ3) is 1.46. The molecule has 0 radical (unpaired) electrons. The van der Waals surface area contributed by atoms with Crippen molar-refractivity contribution >= 4 is 26.8 Å². The van der Waals surface area contributed by atoms with Gasteiger partial charge >= 0.3 is 0 Å². The Morgan fingerprint density at radius 1 is 1.36 bits per heavy atom. The van der Waals surface area contributed by atoms with E-state index in [4.69, 9.17) is 0 Å². The Bertz CT molecular complexity index is 471. The van der Waals surface area contributed by atoms with E-state index in [0.717, 1.165) is 4.47 Å². The van der Waals surface area contributed by atoms with E-state index in [-0.39, 0.29) is 0 Å². The summed E-state index contributed by atoms with van der Waals surface area (Å²) in [6.45, 7) is 4.34. The summed E-state index contributed by atoms with van der Waals surface area (Å²) in [6.07, 6.45) is 0. The van der Waals surface area contributed by atoms with Gasteiger partial charge in [0.15, 0.2) is 0 Å². The van der Waals surface area contributed by atoms with E-state index in [1.165, 1.54) is 16.6 Å². The molecule has 2 aromatic rings. The summed E-state index contributed by atoms with van der Waals surface area (Å²) in [7, 11) is 1.99. The third-order valence-electron chi connectivity index (χ3n) is 2.39. The molecule has 0 N–H and O–H groups in total. The summed E-state index contributed by atoms with van der Waals surface area (Å²) in [5, 5.41) is 5.78. The second kappa shape index (κ2) is 3.39. The van der Waals surface area contributed by atoms with Crippen molar-refractivity contribution in [2.45, 2.75) is 19.8 Å². The number of nitrogens with zero attached hydrogens (tertiary/aromatic N) is 2. The molecule has 0 fully saturated rings. The van der Waals surface area contributed by atoms with Gasteiger partial charge in [-0.3, -0.25) is 4.68 Å². The van der Waals surface area contributed by atoms with E-state index in [2.05, 4.69) is 53.1 Å². The molecule has 0 aliphatic rings. The molecule has 0 saturated carbocycles. The molecule has 1 aromatic heterocycles. The molecule has 0 unspecified atom stereocenters. The minimum absolute atomic E-state index is 0.472. The van der Waals surface area contributed by atoms with Crippen molar-refractivity contribution in [2.75, 3.05) is 0 Å². The number of hydrogen-bond donors (Lipinski definition) is 0. The van der Waals surface area contributed by atoms with E-state index in [0.29, 0.717) is 5.92 Å². The van der Waals surface area contributed by atoms with Crippen LogP contribution in [0.5, 0.6) is 0 Å². The van der Waals surface area contributed by atoms with Crippen LogP contribution in [-0.2, 0) is 7.05 Å². The van der Waals surface area contributed by atoms with Gasteiger partial charge in [0.05, 0.1) is 11.2 Å². The van der Waals surface area contributed by atoms with Gasteiger partial charge in [0.2, 0.25) is 0 Å². The van der Waals surface area contributed by atoms with Gasteiger partial charge in [-0.25, -0.2) is 0 Å². The SMILES string of the molecule is CC(C)c1nn(C)c2cc(Br)ccc12. The third-order valence-corrected chi connectivity index (χ3v) is 2.88. The molecule has 1 aromatic carbocycles. The normalized spacial score (nSPS) is 11.5. The molecule has 0 spiro atoms. The fourth-order valence-electron chi connectivity index (χ4n) is 1.68. The average molecular weight is 253 g/mol. The van der Waals surface area contributed by atoms with E-state index in [9.17, 15) is 0 Å². The molecular formula is C11H13BrN2. The number of rotatable bonds is 1. The Kier molecular flexibility index (Phi) is 2.35. The Morgan fingerprint density at radius 3 is 2.71 bits per heavy atom. The van der Waals surface area contributed by atoms with Gasteiger partial charge in [-0.05, 0) is 24.1 Å². The first-order valence-electron chi connectivity index (χ1n) is 4.71. The quantitative estimate of drug-likeness (QED) is 0.761. The van der Waals surface area contributed by atoms with E-state index in [1.807, 2.05) is 11.7 Å². The first-order chi connectivity index (χ1) is 6.59. The molecule has 14 heavy (non-hydrogen) atoms. The maximum Gasteiger partial charge on any atom is 0.0728 e. The number of hydrogen-bond acceptors (Lipinski definition) is 1. The van der Waals surface area contributed by atoms with Crippen molar-refractivity contribution in [2.24, 2.45) is 7.05 Å². The van der Waals surface area contributed by atoms with Gasteiger partial charge in [-0.15, -0.1) is 0 Å². The Hall–Kier alpha value is -0.830. The smallest absolute Gasteiger partial charge is 0.0728 e. The van der Waals surface area contributed by atoms with Crippen molar-refractivity contribution in [3.63, 3.8) is 0 Å². The van der Waals surface area contributed by atoms with Crippen molar-refractivity contribution in [1.82, 2.24) is 9.78 Å². The van der Waals surface area contributed by atoms with E-state index in [1.54, 1.807) is 0 Å². The first kappa shape index (κ1) is 9.71. The minimum Gasteiger partial charge on any atom is -0.268 e. The van der Waals surface area contributed by atoms with E-state index < -0.39 is 0 Å². The van der Waals surface area contributed by atoms with Crippen LogP contribution in [0.2, 0.25) is 0 Å². The van der Waals surface area contributed by atoms with Gasteiger partial charge in [0, 0.05) is 16.9 Å². The topological polar surface area (TPSA) is 17.8 Å². The highest BCUT2D eigenvalue weighted by atomic mass is 79.9. The van der Waals surface area contributed by atoms with Crippen LogP contribution in [0.3, 0.4) is 0 Å². The second-order valence-electron chi connectivity index (χ2n) is 3.83. The number of fused-ring (bicyclic) bond motifs is 1. The largest absolute Gasteiger partial charge is 0.268 e. The maximum absolute atomic E-state index is 4.53. The molecule has 0 aliphatic heterocycles. The number of aromatic nitrogens is 2. The molecule has 0 saturated heterocycles. The minimum atomic E-state index is 0.472. The van der Waals surface area contributed by atoms with Gasteiger partial charge in [-0.2, -0.15) is 5.10 Å². The lowest BCUT2D eigenvalue weighted by atomic mass is 10.1. The van der Waals surface area contributed by atoms with Gasteiger partial charge < -0.3 is 0 Å². The maximum atomic E-state index is 4.53. The predicted octanol–water partition coefficient (Wildman–Crippen LogP) is 3.46. The Morgan fingerprint density at radius 2 is 2.07 bits per heavy atom. The average Bonchev–Trinajstić information content (AvgIpc) is 2.44. The summed E-state index contributed by atoms with van der Waals surface area (Å²) in [4.78, 5) is 0. The molecule has 0 bridgehead atoms. The summed E-state index contributed by atoms with van der Waals surface area (Å²) in [5.74, 6) is 0.472. The van der Waals surface area contributed by atoms with Crippen molar-refractivity contribution in [3.8, 4) is 0 Å². The van der Waals surface area contributed by atoms with Crippen LogP contribution < -0.4 is 0 Å². The van der Waals surface area contributed by atoms with Gasteiger partial charge in [0.25, 0.3) is 0 Å². The fraction of sp³-hybridized carbons (Fsp3) is 0.364. The van der Waals surface area contributed by atoms with Crippen molar-refractivity contribution < 1.29 is 0 Å². The van der Waals surface area contributed by atoms with Gasteiger partial charge in [-0.1, -0.05) is 29.8 Å². The molecule has 0 atom stereocenters. The van der Waals surface area contributed by atoms with Gasteiger partial charge in [0.1, 0.15) is 0 Å². The Labute approximate surface area is 92.0 Å². The van der Waals surface area contributed by atoms with E-state index >= 15 is 0 Å². The molecular weight excluding hydrogens is 240 g/mol. The van der Waals surface area contributed by atoms with Crippen LogP contribution >= 0.6 is 15.9 Å². The second-order valence-corrected chi connectivity index (χ2v) is 4.74. The highest BCUT2D eigenvalue weighted by Crippen LogP contribution is 2.26. The number of halogens is 1. The number of aryl methyl sites for hydroxylation is 1. The molecule has 0 aliphatic carbocycles. The molecule has 0 amide bonds. The monoisotopic (exact) mass is 252 g/mol. The van der Waals surface area contributed by atoms with Crippen LogP contribution in [0, 0.1) is 0 Å². The number of benzene rings is 1. The molecule has 3 heteroatoms. The Balaban J connectivity index is 2.77. The standard InChI is InChI=1S/C11H13BrN2/c1-7(2)11-9-5-4-8(12)6-10(9)14(3)13-11/h4-7H,1-3H3. The lowest BCUT2D eigenvalue weighted by Gasteiger charge is -1.99.